The molecule has 3 atom stereocenters. The number of Topliss-reactive ketones (excluding diaryl/α,β-unsaturated/α-hetero) is 2. The minimum atomic E-state index is -5.30. The maximum Gasteiger partial charge on any atom is 0.473 e. The number of aliphatic hydroxyl groups is 2. The van der Waals surface area contributed by atoms with Crippen LogP contribution in [0.4, 0.5) is 0 Å². The second kappa shape index (κ2) is 34.5. The third-order valence-corrected chi connectivity index (χ3v) is 10.8. The number of aliphatic hydroxyl groups excluding tert-OH is 2. The van der Waals surface area contributed by atoms with E-state index in [1.165, 1.54) is 77.0 Å². The van der Waals surface area contributed by atoms with Gasteiger partial charge in [0.1, 0.15) is 12.1 Å². The van der Waals surface area contributed by atoms with Gasteiger partial charge >= 0.3 is 13.8 Å². The molecule has 0 saturated carbocycles. The molecule has 54 heavy (non-hydrogen) atoms. The average molecular weight is 788 g/mol. The quantitative estimate of drug-likeness (QED) is 0.0172. The van der Waals surface area contributed by atoms with Gasteiger partial charge in [0.15, 0.2) is 11.6 Å². The topological polar surface area (TPSA) is 194 Å². The second-order valence-electron chi connectivity index (χ2n) is 14.7. The van der Waals surface area contributed by atoms with Crippen molar-refractivity contribution in [2.75, 3.05) is 13.2 Å². The van der Waals surface area contributed by atoms with Crippen molar-refractivity contribution in [2.24, 2.45) is 5.73 Å². The number of carboxylic acid groups (broad SMARTS) is 1. The first-order chi connectivity index (χ1) is 26.0. The Kier molecular flexibility index (Phi) is 33.4. The van der Waals surface area contributed by atoms with E-state index in [-0.39, 0.29) is 12.8 Å². The molecule has 0 rings (SSSR count). The first kappa shape index (κ1) is 52.3. The molecule has 1 unspecified atom stereocenters. The fraction of sp³-hybridized carbons (Fsp3) is 0.833. The molecule has 0 amide bonds. The second-order valence-corrected chi connectivity index (χ2v) is 16.1. The summed E-state index contributed by atoms with van der Waals surface area (Å²) in [4.78, 5) is 49.0. The normalized spacial score (nSPS) is 14.5. The lowest BCUT2D eigenvalue weighted by atomic mass is 9.82. The van der Waals surface area contributed by atoms with Gasteiger partial charge in [0, 0.05) is 12.8 Å². The van der Waals surface area contributed by atoms with Gasteiger partial charge in [-0.2, -0.15) is 0 Å². The molecule has 0 spiro atoms. The Hall–Kier alpha value is -1.72. The first-order valence-electron chi connectivity index (χ1n) is 21.3. The Balaban J connectivity index is 5.05. The molecule has 0 fully saturated rings. The summed E-state index contributed by atoms with van der Waals surface area (Å²) >= 11 is 0. The fourth-order valence-corrected chi connectivity index (χ4v) is 7.45. The zero-order chi connectivity index (χ0) is 40.3. The van der Waals surface area contributed by atoms with E-state index in [2.05, 4.69) is 38.2 Å². The summed E-state index contributed by atoms with van der Waals surface area (Å²) < 4.78 is 22.9. The van der Waals surface area contributed by atoms with Crippen molar-refractivity contribution in [2.45, 2.75) is 211 Å². The Morgan fingerprint density at radius 2 is 0.963 bits per heavy atom. The highest BCUT2D eigenvalue weighted by molar-refractivity contribution is 7.47. The molecule has 0 heterocycles. The van der Waals surface area contributed by atoms with Crippen LogP contribution in [0.25, 0.3) is 0 Å². The van der Waals surface area contributed by atoms with Gasteiger partial charge < -0.3 is 25.9 Å². The van der Waals surface area contributed by atoms with Crippen LogP contribution < -0.4 is 5.73 Å². The minimum Gasteiger partial charge on any atom is -0.480 e. The van der Waals surface area contributed by atoms with Crippen molar-refractivity contribution in [3.05, 3.63) is 24.3 Å². The van der Waals surface area contributed by atoms with Gasteiger partial charge in [-0.3, -0.25) is 23.4 Å². The van der Waals surface area contributed by atoms with Crippen LogP contribution >= 0.6 is 7.82 Å². The van der Waals surface area contributed by atoms with E-state index in [0.717, 1.165) is 64.2 Å². The molecule has 0 aliphatic heterocycles. The van der Waals surface area contributed by atoms with E-state index in [4.69, 9.17) is 19.9 Å². The molecule has 0 aliphatic rings. The molecule has 0 aromatic heterocycles. The molecule has 0 aromatic rings. The number of carboxylic acids is 1. The molecule has 316 valence electrons. The Bertz CT molecular complexity index is 1010. The lowest BCUT2D eigenvalue weighted by Crippen LogP contribution is -2.58. The lowest BCUT2D eigenvalue weighted by molar-refractivity contribution is -0.165. The number of ketones is 2. The van der Waals surface area contributed by atoms with E-state index in [0.29, 0.717) is 25.7 Å². The summed E-state index contributed by atoms with van der Waals surface area (Å²) in [6.45, 7) is 2.40. The van der Waals surface area contributed by atoms with Gasteiger partial charge in [0.05, 0.1) is 13.2 Å². The largest absolute Gasteiger partial charge is 0.480 e. The number of hydrogen-bond acceptors (Lipinski definition) is 9. The number of aliphatic carboxylic acids is 1. The van der Waals surface area contributed by atoms with Crippen LogP contribution in [-0.2, 0) is 28.0 Å². The van der Waals surface area contributed by atoms with Crippen molar-refractivity contribution >= 4 is 25.4 Å². The van der Waals surface area contributed by atoms with E-state index < -0.39 is 56.3 Å². The number of phosphoric acid groups is 1. The van der Waals surface area contributed by atoms with E-state index in [9.17, 15) is 34.1 Å². The van der Waals surface area contributed by atoms with Crippen LogP contribution in [0.5, 0.6) is 0 Å². The Morgan fingerprint density at radius 1 is 0.630 bits per heavy atom. The van der Waals surface area contributed by atoms with Crippen molar-refractivity contribution in [3.63, 3.8) is 0 Å². The minimum absolute atomic E-state index is 0.234. The van der Waals surface area contributed by atoms with Gasteiger partial charge in [-0.15, -0.1) is 0 Å². The average Bonchev–Trinajstić information content (AvgIpc) is 3.15. The van der Waals surface area contributed by atoms with Gasteiger partial charge in [0.2, 0.25) is 5.60 Å². The predicted octanol–water partition coefficient (Wildman–Crippen LogP) is 9.84. The highest BCUT2D eigenvalue weighted by Crippen LogP contribution is 2.49. The monoisotopic (exact) mass is 788 g/mol. The van der Waals surface area contributed by atoms with Crippen LogP contribution in [0.2, 0.25) is 0 Å². The third kappa shape index (κ3) is 26.2. The molecule has 11 nitrogen and oxygen atoms in total. The lowest BCUT2D eigenvalue weighted by Gasteiger charge is -2.35. The van der Waals surface area contributed by atoms with Crippen LogP contribution in [0.3, 0.4) is 0 Å². The summed E-state index contributed by atoms with van der Waals surface area (Å²) in [5.74, 6) is -3.36. The maximum absolute atomic E-state index is 13.7. The fourth-order valence-electron chi connectivity index (χ4n) is 6.36. The van der Waals surface area contributed by atoms with Crippen molar-refractivity contribution in [1.82, 2.24) is 0 Å². The van der Waals surface area contributed by atoms with E-state index >= 15 is 0 Å². The summed E-state index contributed by atoms with van der Waals surface area (Å²) in [5.41, 5.74) is 2.54. The van der Waals surface area contributed by atoms with Crippen molar-refractivity contribution in [3.8, 4) is 0 Å². The number of carbonyl (C=O) groups excluding carboxylic acids is 2. The first-order valence-corrected chi connectivity index (χ1v) is 22.8. The Morgan fingerprint density at radius 3 is 1.30 bits per heavy atom. The number of hydrogen-bond donors (Lipinski definition) is 5. The van der Waals surface area contributed by atoms with E-state index in [1.807, 2.05) is 0 Å². The number of nitrogens with two attached hydrogens (primary N) is 1. The molecule has 0 bridgehead atoms. The molecule has 12 heteroatoms. The molecular formula is C42H78NO10P. The predicted molar refractivity (Wildman–Crippen MR) is 217 cm³/mol. The SMILES string of the molecule is CCCCCCCC/C=C\CCCCCCCC(=O)C(OP(=O)(O)OC[C@H](N)C(=O)O)(C(=O)CCCCCCC/C=C\CCCCCCCC)[C@@H](O)CO. The van der Waals surface area contributed by atoms with Gasteiger partial charge in [-0.05, 0) is 64.2 Å². The van der Waals surface area contributed by atoms with Gasteiger partial charge in [-0.1, -0.05) is 141 Å². The van der Waals surface area contributed by atoms with Gasteiger partial charge in [-0.25, -0.2) is 4.57 Å². The number of carbonyl (C=O) groups is 3. The molecule has 0 saturated heterocycles. The maximum atomic E-state index is 13.7. The molecule has 0 aromatic carbocycles. The molecule has 0 aliphatic carbocycles. The van der Waals surface area contributed by atoms with Crippen molar-refractivity contribution in [1.29, 1.82) is 0 Å². The molecular weight excluding hydrogens is 709 g/mol. The third-order valence-electron chi connectivity index (χ3n) is 9.80. The standard InChI is InChI=1S/C42H78NO10P/c1-3-5-7-9-11-13-15-17-19-21-23-25-27-29-31-33-38(45)42(40(47)35-44,53-54(50,51)52-36-37(43)41(48)49)39(46)34-32-30-28-26-24-22-20-18-16-14-12-10-8-6-4-2/h17-20,37,40,44,47H,3-16,21-36,43H2,1-2H3,(H,48,49)(H,50,51)/b19-17-,20-18-/t37-,40-/m0/s1. The summed E-state index contributed by atoms with van der Waals surface area (Å²) in [5, 5.41) is 29.8. The van der Waals surface area contributed by atoms with Crippen molar-refractivity contribution < 1.29 is 48.2 Å². The van der Waals surface area contributed by atoms with Gasteiger partial charge in [0.25, 0.3) is 0 Å². The number of rotatable bonds is 40. The zero-order valence-electron chi connectivity index (χ0n) is 33.9. The molecule has 6 N–H and O–H groups in total. The van der Waals surface area contributed by atoms with E-state index in [1.54, 1.807) is 0 Å². The highest BCUT2D eigenvalue weighted by atomic mass is 31.2. The number of unbranched alkanes of at least 4 members (excludes halogenated alkanes) is 22. The highest BCUT2D eigenvalue weighted by Gasteiger charge is 2.55. The Labute approximate surface area is 327 Å². The summed E-state index contributed by atoms with van der Waals surface area (Å²) in [6, 6.07) is -1.68. The smallest absolute Gasteiger partial charge is 0.473 e. The number of allylic oxidation sites excluding steroid dienone is 4. The van der Waals surface area contributed by atoms with Crippen LogP contribution in [0.1, 0.15) is 194 Å². The summed E-state index contributed by atoms with van der Waals surface area (Å²) in [7, 11) is -5.30. The van der Waals surface area contributed by atoms with Crippen LogP contribution in [0, 0.1) is 0 Å². The summed E-state index contributed by atoms with van der Waals surface area (Å²) in [6.07, 6.45) is 33.5. The molecule has 0 radical (unpaired) electrons. The van der Waals surface area contributed by atoms with Crippen LogP contribution in [0.15, 0.2) is 24.3 Å². The zero-order valence-corrected chi connectivity index (χ0v) is 34.8. The van der Waals surface area contributed by atoms with Crippen LogP contribution in [-0.4, -0.2) is 68.7 Å². The number of phosphoric ester groups is 1.